The van der Waals surface area contributed by atoms with E-state index in [1.54, 1.807) is 0 Å². The molecule has 1 atom stereocenters. The van der Waals surface area contributed by atoms with E-state index in [2.05, 4.69) is 53.6 Å². The lowest BCUT2D eigenvalue weighted by atomic mass is 10.1. The van der Waals surface area contributed by atoms with Crippen molar-refractivity contribution in [3.8, 4) is 0 Å². The van der Waals surface area contributed by atoms with Gasteiger partial charge >= 0.3 is 0 Å². The summed E-state index contributed by atoms with van der Waals surface area (Å²) in [6.45, 7) is 7.31. The van der Waals surface area contributed by atoms with Crippen LogP contribution in [0.2, 0.25) is 0 Å². The van der Waals surface area contributed by atoms with Gasteiger partial charge in [0, 0.05) is 24.8 Å². The lowest BCUT2D eigenvalue weighted by molar-refractivity contribution is -0.120. The predicted molar refractivity (Wildman–Crippen MR) is 73.8 cm³/mol. The van der Waals surface area contributed by atoms with Gasteiger partial charge in [0.05, 0.1) is 6.54 Å². The average molecular weight is 247 g/mol. The molecule has 1 fully saturated rings. The average Bonchev–Trinajstić information content (AvgIpc) is 2.39. The van der Waals surface area contributed by atoms with Crippen molar-refractivity contribution in [2.24, 2.45) is 0 Å². The number of carbonyl (C=O) groups excluding carboxylic acids is 1. The van der Waals surface area contributed by atoms with Crippen LogP contribution in [0.15, 0.2) is 24.3 Å². The number of hydrogen-bond acceptors (Lipinski definition) is 3. The maximum Gasteiger partial charge on any atom is 0.239 e. The van der Waals surface area contributed by atoms with Crippen molar-refractivity contribution in [2.45, 2.75) is 19.9 Å². The summed E-state index contributed by atoms with van der Waals surface area (Å²) in [5.74, 6) is 0.103. The summed E-state index contributed by atoms with van der Waals surface area (Å²) in [5, 5.41) is 6.23. The molecule has 2 N–H and O–H groups in total. The lowest BCUT2D eigenvalue weighted by Gasteiger charge is -2.28. The lowest BCUT2D eigenvalue weighted by Crippen LogP contribution is -2.47. The number of hydrogen-bond donors (Lipinski definition) is 2. The Labute approximate surface area is 108 Å². The van der Waals surface area contributed by atoms with Gasteiger partial charge in [0.2, 0.25) is 5.91 Å². The Hall–Kier alpha value is -1.55. The van der Waals surface area contributed by atoms with Crippen LogP contribution in [-0.2, 0) is 4.79 Å². The summed E-state index contributed by atoms with van der Waals surface area (Å²) >= 11 is 0. The molecular weight excluding hydrogens is 226 g/mol. The van der Waals surface area contributed by atoms with Crippen molar-refractivity contribution < 1.29 is 4.79 Å². The fraction of sp³-hybridized carbons (Fsp3) is 0.500. The molecule has 1 aromatic carbocycles. The highest BCUT2D eigenvalue weighted by molar-refractivity contribution is 5.82. The zero-order chi connectivity index (χ0) is 13.0. The molecule has 0 bridgehead atoms. The predicted octanol–water partition coefficient (Wildman–Crippen LogP) is 1.29. The van der Waals surface area contributed by atoms with Crippen LogP contribution in [0.1, 0.15) is 25.5 Å². The summed E-state index contributed by atoms with van der Waals surface area (Å²) in [6.07, 6.45) is 0. The molecule has 0 spiro atoms. The standard InChI is InChI=1S/C14H21N3O/c1-3-15-11(2)12-4-6-13(7-5-12)17-9-8-16-14(18)10-17/h4-7,11,15H,3,8-10H2,1-2H3,(H,16,18). The van der Waals surface area contributed by atoms with Gasteiger partial charge in [-0.1, -0.05) is 19.1 Å². The minimum absolute atomic E-state index is 0.103. The molecule has 4 nitrogen and oxygen atoms in total. The highest BCUT2D eigenvalue weighted by atomic mass is 16.2. The number of amides is 1. The summed E-state index contributed by atoms with van der Waals surface area (Å²) in [5.41, 5.74) is 2.40. The van der Waals surface area contributed by atoms with Gasteiger partial charge < -0.3 is 15.5 Å². The number of benzene rings is 1. The molecule has 1 aliphatic heterocycles. The summed E-state index contributed by atoms with van der Waals surface area (Å²) < 4.78 is 0. The second-order valence-corrected chi connectivity index (χ2v) is 4.64. The second kappa shape index (κ2) is 5.87. The van der Waals surface area contributed by atoms with Gasteiger partial charge in [-0.2, -0.15) is 0 Å². The number of carbonyl (C=O) groups is 1. The largest absolute Gasteiger partial charge is 0.360 e. The van der Waals surface area contributed by atoms with Crippen molar-refractivity contribution in [1.82, 2.24) is 10.6 Å². The van der Waals surface area contributed by atoms with Crippen molar-refractivity contribution in [2.75, 3.05) is 31.1 Å². The van der Waals surface area contributed by atoms with E-state index >= 15 is 0 Å². The summed E-state index contributed by atoms with van der Waals surface area (Å²) in [4.78, 5) is 13.5. The molecule has 4 heteroatoms. The minimum atomic E-state index is 0.103. The van der Waals surface area contributed by atoms with Crippen LogP contribution in [-0.4, -0.2) is 32.1 Å². The molecule has 0 saturated carbocycles. The Bertz CT molecular complexity index is 402. The smallest absolute Gasteiger partial charge is 0.239 e. The third-order valence-corrected chi connectivity index (χ3v) is 3.31. The highest BCUT2D eigenvalue weighted by Gasteiger charge is 2.16. The van der Waals surface area contributed by atoms with Crippen molar-refractivity contribution in [3.63, 3.8) is 0 Å². The molecule has 18 heavy (non-hydrogen) atoms. The SMILES string of the molecule is CCNC(C)c1ccc(N2CCNC(=O)C2)cc1. The molecular formula is C14H21N3O. The number of rotatable bonds is 4. The first-order chi connectivity index (χ1) is 8.70. The van der Waals surface area contributed by atoms with E-state index in [0.29, 0.717) is 12.6 Å². The van der Waals surface area contributed by atoms with E-state index in [1.165, 1.54) is 5.56 Å². The molecule has 1 aromatic rings. The summed E-state index contributed by atoms with van der Waals surface area (Å²) in [6, 6.07) is 8.84. The van der Waals surface area contributed by atoms with Crippen LogP contribution >= 0.6 is 0 Å². The minimum Gasteiger partial charge on any atom is -0.360 e. The second-order valence-electron chi connectivity index (χ2n) is 4.64. The van der Waals surface area contributed by atoms with Gasteiger partial charge in [0.25, 0.3) is 0 Å². The Balaban J connectivity index is 2.04. The topological polar surface area (TPSA) is 44.4 Å². The van der Waals surface area contributed by atoms with Crippen LogP contribution in [0.25, 0.3) is 0 Å². The quantitative estimate of drug-likeness (QED) is 0.843. The van der Waals surface area contributed by atoms with E-state index in [-0.39, 0.29) is 5.91 Å². The maximum atomic E-state index is 11.3. The molecule has 0 radical (unpaired) electrons. The molecule has 1 unspecified atom stereocenters. The first kappa shape index (κ1) is 12.9. The van der Waals surface area contributed by atoms with Crippen LogP contribution < -0.4 is 15.5 Å². The molecule has 1 aliphatic rings. The van der Waals surface area contributed by atoms with E-state index in [0.717, 1.165) is 25.3 Å². The molecule has 1 heterocycles. The van der Waals surface area contributed by atoms with Gasteiger partial charge in [0.1, 0.15) is 0 Å². The van der Waals surface area contributed by atoms with Crippen molar-refractivity contribution in [1.29, 1.82) is 0 Å². The van der Waals surface area contributed by atoms with Crippen molar-refractivity contribution >= 4 is 11.6 Å². The van der Waals surface area contributed by atoms with Gasteiger partial charge in [-0.05, 0) is 31.2 Å². The van der Waals surface area contributed by atoms with Crippen LogP contribution in [0, 0.1) is 0 Å². The van der Waals surface area contributed by atoms with E-state index in [1.807, 2.05) is 0 Å². The number of piperazine rings is 1. The third-order valence-electron chi connectivity index (χ3n) is 3.31. The normalized spacial score (nSPS) is 17.4. The highest BCUT2D eigenvalue weighted by Crippen LogP contribution is 2.19. The Morgan fingerprint density at radius 2 is 2.11 bits per heavy atom. The number of nitrogens with one attached hydrogen (secondary N) is 2. The molecule has 1 amide bonds. The first-order valence-electron chi connectivity index (χ1n) is 6.55. The fourth-order valence-corrected chi connectivity index (χ4v) is 2.26. The fourth-order valence-electron chi connectivity index (χ4n) is 2.26. The first-order valence-corrected chi connectivity index (χ1v) is 6.55. The monoisotopic (exact) mass is 247 g/mol. The number of nitrogens with zero attached hydrogens (tertiary/aromatic N) is 1. The molecule has 0 aromatic heterocycles. The molecule has 0 aliphatic carbocycles. The Morgan fingerprint density at radius 3 is 2.72 bits per heavy atom. The van der Waals surface area contributed by atoms with Crippen LogP contribution in [0.3, 0.4) is 0 Å². The zero-order valence-electron chi connectivity index (χ0n) is 11.1. The van der Waals surface area contributed by atoms with Gasteiger partial charge in [-0.25, -0.2) is 0 Å². The molecule has 2 rings (SSSR count). The van der Waals surface area contributed by atoms with E-state index < -0.39 is 0 Å². The van der Waals surface area contributed by atoms with Crippen molar-refractivity contribution in [3.05, 3.63) is 29.8 Å². The summed E-state index contributed by atoms with van der Waals surface area (Å²) in [7, 11) is 0. The van der Waals surface area contributed by atoms with E-state index in [4.69, 9.17) is 0 Å². The van der Waals surface area contributed by atoms with Crippen LogP contribution in [0.4, 0.5) is 5.69 Å². The van der Waals surface area contributed by atoms with Crippen LogP contribution in [0.5, 0.6) is 0 Å². The van der Waals surface area contributed by atoms with Gasteiger partial charge in [0.15, 0.2) is 0 Å². The maximum absolute atomic E-state index is 11.3. The molecule has 98 valence electrons. The third kappa shape index (κ3) is 3.01. The number of anilines is 1. The molecule has 1 saturated heterocycles. The van der Waals surface area contributed by atoms with Gasteiger partial charge in [-0.3, -0.25) is 4.79 Å². The van der Waals surface area contributed by atoms with E-state index in [9.17, 15) is 4.79 Å². The van der Waals surface area contributed by atoms with Gasteiger partial charge in [-0.15, -0.1) is 0 Å². The zero-order valence-corrected chi connectivity index (χ0v) is 11.1. The Morgan fingerprint density at radius 1 is 1.39 bits per heavy atom. The Kier molecular flexibility index (Phi) is 4.20.